The molecule has 3 nitrogen and oxygen atoms in total. The maximum absolute atomic E-state index is 9.94. The summed E-state index contributed by atoms with van der Waals surface area (Å²) in [6.07, 6.45) is 0.817. The Morgan fingerprint density at radius 2 is 2.55 bits per heavy atom. The fourth-order valence-electron chi connectivity index (χ4n) is 1.17. The molecule has 1 saturated heterocycles. The lowest BCUT2D eigenvalue weighted by molar-refractivity contribution is -0.132. The molecule has 0 amide bonds. The lowest BCUT2D eigenvalue weighted by atomic mass is 10.2. The van der Waals surface area contributed by atoms with Gasteiger partial charge in [-0.2, -0.15) is 0 Å². The van der Waals surface area contributed by atoms with Crippen molar-refractivity contribution in [1.82, 2.24) is 5.32 Å². The van der Waals surface area contributed by atoms with E-state index < -0.39 is 0 Å². The standard InChI is InChI=1S/C8H11NO2/c1-2-3-7-4-8(5-9-7)11-6-10/h6-9H,4-5H2,1H3. The molecule has 1 fully saturated rings. The molecule has 0 saturated carbocycles. The summed E-state index contributed by atoms with van der Waals surface area (Å²) in [5.74, 6) is 5.79. The van der Waals surface area contributed by atoms with Gasteiger partial charge in [0.05, 0.1) is 6.04 Å². The topological polar surface area (TPSA) is 38.3 Å². The molecular formula is C8H11NO2. The fraction of sp³-hybridized carbons (Fsp3) is 0.625. The molecule has 1 rings (SSSR count). The van der Waals surface area contributed by atoms with E-state index in [-0.39, 0.29) is 12.1 Å². The molecule has 11 heavy (non-hydrogen) atoms. The number of rotatable bonds is 2. The van der Waals surface area contributed by atoms with Gasteiger partial charge in [0.15, 0.2) is 0 Å². The van der Waals surface area contributed by atoms with Crippen LogP contribution in [0.25, 0.3) is 0 Å². The van der Waals surface area contributed by atoms with Gasteiger partial charge in [0.25, 0.3) is 6.47 Å². The second kappa shape index (κ2) is 3.99. The molecule has 1 N–H and O–H groups in total. The van der Waals surface area contributed by atoms with Crippen molar-refractivity contribution < 1.29 is 9.53 Å². The highest BCUT2D eigenvalue weighted by atomic mass is 16.5. The minimum atomic E-state index is 0.0124. The number of carbonyl (C=O) groups is 1. The Morgan fingerprint density at radius 1 is 1.73 bits per heavy atom. The second-order valence-electron chi connectivity index (χ2n) is 2.45. The van der Waals surface area contributed by atoms with E-state index in [1.165, 1.54) is 0 Å². The Labute approximate surface area is 66.1 Å². The van der Waals surface area contributed by atoms with Gasteiger partial charge < -0.3 is 4.74 Å². The van der Waals surface area contributed by atoms with Gasteiger partial charge in [0.2, 0.25) is 0 Å². The van der Waals surface area contributed by atoms with Crippen LogP contribution in [-0.2, 0) is 9.53 Å². The van der Waals surface area contributed by atoms with E-state index >= 15 is 0 Å². The van der Waals surface area contributed by atoms with Crippen molar-refractivity contribution in [2.45, 2.75) is 25.5 Å². The Kier molecular flexibility index (Phi) is 2.94. The van der Waals surface area contributed by atoms with Crippen LogP contribution in [-0.4, -0.2) is 25.2 Å². The zero-order valence-electron chi connectivity index (χ0n) is 6.46. The summed E-state index contributed by atoms with van der Waals surface area (Å²) >= 11 is 0. The zero-order valence-corrected chi connectivity index (χ0v) is 6.46. The Bertz CT molecular complexity index is 192. The number of hydrogen-bond donors (Lipinski definition) is 1. The largest absolute Gasteiger partial charge is 0.463 e. The molecule has 1 aliphatic rings. The normalized spacial score (nSPS) is 28.8. The highest BCUT2D eigenvalue weighted by Gasteiger charge is 2.22. The smallest absolute Gasteiger partial charge is 0.293 e. The van der Waals surface area contributed by atoms with Gasteiger partial charge in [-0.05, 0) is 6.92 Å². The van der Waals surface area contributed by atoms with E-state index in [0.717, 1.165) is 13.0 Å². The molecule has 0 aromatic heterocycles. The summed E-state index contributed by atoms with van der Waals surface area (Å²) < 4.78 is 4.77. The maximum Gasteiger partial charge on any atom is 0.293 e. The van der Waals surface area contributed by atoms with Crippen LogP contribution in [0.2, 0.25) is 0 Å². The number of ether oxygens (including phenoxy) is 1. The third-order valence-corrected chi connectivity index (χ3v) is 1.66. The van der Waals surface area contributed by atoms with Crippen molar-refractivity contribution in [1.29, 1.82) is 0 Å². The van der Waals surface area contributed by atoms with Crippen molar-refractivity contribution in [3.63, 3.8) is 0 Å². The number of carbonyl (C=O) groups excluding carboxylic acids is 1. The first kappa shape index (κ1) is 8.09. The van der Waals surface area contributed by atoms with Crippen molar-refractivity contribution in [3.8, 4) is 11.8 Å². The van der Waals surface area contributed by atoms with Crippen LogP contribution >= 0.6 is 0 Å². The van der Waals surface area contributed by atoms with Gasteiger partial charge in [-0.3, -0.25) is 10.1 Å². The highest BCUT2D eigenvalue weighted by Crippen LogP contribution is 2.07. The highest BCUT2D eigenvalue weighted by molar-refractivity contribution is 5.37. The molecule has 2 unspecified atom stereocenters. The second-order valence-corrected chi connectivity index (χ2v) is 2.45. The van der Waals surface area contributed by atoms with Gasteiger partial charge in [-0.1, -0.05) is 5.92 Å². The van der Waals surface area contributed by atoms with Crippen LogP contribution in [0.3, 0.4) is 0 Å². The minimum Gasteiger partial charge on any atom is -0.463 e. The maximum atomic E-state index is 9.94. The first-order chi connectivity index (χ1) is 5.36. The molecule has 60 valence electrons. The zero-order chi connectivity index (χ0) is 8.10. The Morgan fingerprint density at radius 3 is 3.18 bits per heavy atom. The molecule has 0 aromatic rings. The lowest BCUT2D eigenvalue weighted by Crippen LogP contribution is -2.19. The van der Waals surface area contributed by atoms with E-state index in [0.29, 0.717) is 6.47 Å². The average molecular weight is 153 g/mol. The molecule has 0 aromatic carbocycles. The van der Waals surface area contributed by atoms with Gasteiger partial charge in [-0.25, -0.2) is 0 Å². The van der Waals surface area contributed by atoms with E-state index in [1.807, 2.05) is 0 Å². The van der Waals surface area contributed by atoms with Crippen LogP contribution in [0.1, 0.15) is 13.3 Å². The summed E-state index contributed by atoms with van der Waals surface area (Å²) in [4.78, 5) is 9.94. The van der Waals surface area contributed by atoms with Crippen molar-refractivity contribution in [2.24, 2.45) is 0 Å². The average Bonchev–Trinajstić information content (AvgIpc) is 2.38. The van der Waals surface area contributed by atoms with E-state index in [1.54, 1.807) is 6.92 Å². The van der Waals surface area contributed by atoms with Crippen LogP contribution in [0.5, 0.6) is 0 Å². The molecule has 1 heterocycles. The van der Waals surface area contributed by atoms with Gasteiger partial charge in [-0.15, -0.1) is 5.92 Å². The van der Waals surface area contributed by atoms with Crippen LogP contribution in [0.4, 0.5) is 0 Å². The third-order valence-electron chi connectivity index (χ3n) is 1.66. The van der Waals surface area contributed by atoms with Crippen LogP contribution in [0.15, 0.2) is 0 Å². The minimum absolute atomic E-state index is 0.0124. The van der Waals surface area contributed by atoms with Gasteiger partial charge in [0.1, 0.15) is 6.10 Å². The first-order valence-electron chi connectivity index (χ1n) is 3.61. The van der Waals surface area contributed by atoms with Crippen LogP contribution < -0.4 is 5.32 Å². The summed E-state index contributed by atoms with van der Waals surface area (Å²) in [7, 11) is 0. The molecule has 0 radical (unpaired) electrons. The number of hydrogen-bond acceptors (Lipinski definition) is 3. The summed E-state index contributed by atoms with van der Waals surface area (Å²) in [6, 6.07) is 0.199. The molecule has 0 aliphatic carbocycles. The lowest BCUT2D eigenvalue weighted by Gasteiger charge is -2.03. The van der Waals surface area contributed by atoms with Crippen molar-refractivity contribution in [3.05, 3.63) is 0 Å². The molecule has 0 spiro atoms. The van der Waals surface area contributed by atoms with E-state index in [9.17, 15) is 4.79 Å². The molecule has 0 bridgehead atoms. The first-order valence-corrected chi connectivity index (χ1v) is 3.61. The molecule has 3 heteroatoms. The molecule has 2 atom stereocenters. The van der Waals surface area contributed by atoms with Crippen LogP contribution in [0, 0.1) is 11.8 Å². The quantitative estimate of drug-likeness (QED) is 0.445. The Hall–Kier alpha value is -1.01. The predicted octanol–water partition coefficient (Wildman–Crippen LogP) is -0.0868. The van der Waals surface area contributed by atoms with Gasteiger partial charge in [0, 0.05) is 13.0 Å². The van der Waals surface area contributed by atoms with E-state index in [2.05, 4.69) is 17.2 Å². The SMILES string of the molecule is CC#CC1CC(OC=O)CN1. The monoisotopic (exact) mass is 153 g/mol. The Balaban J connectivity index is 2.32. The molecular weight excluding hydrogens is 142 g/mol. The summed E-state index contributed by atoms with van der Waals surface area (Å²) in [6.45, 7) is 3.02. The molecule has 1 aliphatic heterocycles. The summed E-state index contributed by atoms with van der Waals surface area (Å²) in [5.41, 5.74) is 0. The van der Waals surface area contributed by atoms with E-state index in [4.69, 9.17) is 4.74 Å². The van der Waals surface area contributed by atoms with Gasteiger partial charge >= 0.3 is 0 Å². The fourth-order valence-corrected chi connectivity index (χ4v) is 1.17. The van der Waals surface area contributed by atoms with Crippen molar-refractivity contribution in [2.75, 3.05) is 6.54 Å². The number of nitrogens with one attached hydrogen (secondary N) is 1. The third kappa shape index (κ3) is 2.24. The predicted molar refractivity (Wildman–Crippen MR) is 40.8 cm³/mol. The van der Waals surface area contributed by atoms with Crippen molar-refractivity contribution >= 4 is 6.47 Å². The summed E-state index contributed by atoms with van der Waals surface area (Å²) in [5, 5.41) is 3.13.